The summed E-state index contributed by atoms with van der Waals surface area (Å²) < 4.78 is 8.13. The maximum Gasteiger partial charge on any atom is 0.252 e. The lowest BCUT2D eigenvalue weighted by Crippen LogP contribution is -2.48. The third kappa shape index (κ3) is 4.36. The van der Waals surface area contributed by atoms with Crippen LogP contribution in [0.4, 0.5) is 0 Å². The van der Waals surface area contributed by atoms with Crippen molar-refractivity contribution in [1.29, 1.82) is 0 Å². The summed E-state index contributed by atoms with van der Waals surface area (Å²) in [6.07, 6.45) is 15.1. The standard InChI is InChI=1S/C19H29N5O/c1-2-3-6-17-12-23(13-18(25-17)16-7-8-16)9-4-5-15-10-20-19-21-14-22-24(19)11-15/h10-11,14,16-18H,2-9,12-13H2,1H3/t17-,18-/m1/s1. The summed E-state index contributed by atoms with van der Waals surface area (Å²) in [6.45, 7) is 5.63. The van der Waals surface area contributed by atoms with Crippen LogP contribution in [0.25, 0.3) is 5.78 Å². The molecule has 0 bridgehead atoms. The second-order valence-corrected chi connectivity index (χ2v) is 7.61. The topological polar surface area (TPSA) is 55.6 Å². The first kappa shape index (κ1) is 16.9. The molecule has 0 amide bonds. The molecule has 136 valence electrons. The number of nitrogens with zero attached hydrogens (tertiary/aromatic N) is 5. The van der Waals surface area contributed by atoms with Crippen molar-refractivity contribution in [1.82, 2.24) is 24.5 Å². The second kappa shape index (κ2) is 7.79. The number of morpholine rings is 1. The number of hydrogen-bond donors (Lipinski definition) is 0. The van der Waals surface area contributed by atoms with E-state index in [1.165, 1.54) is 37.7 Å². The minimum Gasteiger partial charge on any atom is -0.372 e. The Balaban J connectivity index is 1.29. The van der Waals surface area contributed by atoms with Gasteiger partial charge in [0.25, 0.3) is 5.78 Å². The summed E-state index contributed by atoms with van der Waals surface area (Å²) in [7, 11) is 0. The SMILES string of the molecule is CCCC[C@@H]1CN(CCCc2cnc3ncnn3c2)C[C@H](C2CC2)O1. The zero-order valence-electron chi connectivity index (χ0n) is 15.2. The number of unbranched alkanes of at least 4 members (excludes halogenated alkanes) is 1. The zero-order chi connectivity index (χ0) is 17.1. The van der Waals surface area contributed by atoms with Gasteiger partial charge in [0.1, 0.15) is 6.33 Å². The molecule has 6 nitrogen and oxygen atoms in total. The molecule has 0 N–H and O–H groups in total. The third-order valence-electron chi connectivity index (χ3n) is 5.42. The highest BCUT2D eigenvalue weighted by atomic mass is 16.5. The molecule has 0 aromatic carbocycles. The Hall–Kier alpha value is -1.53. The Bertz CT molecular complexity index is 683. The van der Waals surface area contributed by atoms with E-state index in [2.05, 4.69) is 26.9 Å². The van der Waals surface area contributed by atoms with Gasteiger partial charge in [-0.15, -0.1) is 0 Å². The van der Waals surface area contributed by atoms with Crippen molar-refractivity contribution in [3.05, 3.63) is 24.3 Å². The molecule has 0 unspecified atom stereocenters. The molecule has 25 heavy (non-hydrogen) atoms. The highest BCUT2D eigenvalue weighted by Gasteiger charge is 2.37. The van der Waals surface area contributed by atoms with Gasteiger partial charge in [0.05, 0.1) is 12.2 Å². The fourth-order valence-electron chi connectivity index (χ4n) is 3.85. The number of fused-ring (bicyclic) bond motifs is 1. The van der Waals surface area contributed by atoms with E-state index >= 15 is 0 Å². The Morgan fingerprint density at radius 1 is 1.20 bits per heavy atom. The minimum atomic E-state index is 0.437. The molecule has 2 fully saturated rings. The van der Waals surface area contributed by atoms with Crippen molar-refractivity contribution < 1.29 is 4.74 Å². The molecule has 2 aromatic rings. The molecule has 6 heteroatoms. The molecule has 3 heterocycles. The average molecular weight is 343 g/mol. The molecule has 1 saturated carbocycles. The second-order valence-electron chi connectivity index (χ2n) is 7.61. The molecule has 1 saturated heterocycles. The number of rotatable bonds is 8. The normalized spacial score (nSPS) is 24.8. The van der Waals surface area contributed by atoms with E-state index in [9.17, 15) is 0 Å². The van der Waals surface area contributed by atoms with Crippen LogP contribution in [0.2, 0.25) is 0 Å². The van der Waals surface area contributed by atoms with E-state index in [4.69, 9.17) is 4.74 Å². The first-order chi connectivity index (χ1) is 12.3. The van der Waals surface area contributed by atoms with E-state index < -0.39 is 0 Å². The highest BCUT2D eigenvalue weighted by molar-refractivity contribution is 5.25. The fraction of sp³-hybridized carbons (Fsp3) is 0.737. The van der Waals surface area contributed by atoms with Gasteiger partial charge in [0.15, 0.2) is 0 Å². The van der Waals surface area contributed by atoms with Crippen molar-refractivity contribution in [3.8, 4) is 0 Å². The van der Waals surface area contributed by atoms with Gasteiger partial charge in [-0.25, -0.2) is 9.50 Å². The van der Waals surface area contributed by atoms with E-state index in [1.807, 2.05) is 12.4 Å². The summed E-state index contributed by atoms with van der Waals surface area (Å²) in [4.78, 5) is 11.1. The van der Waals surface area contributed by atoms with Crippen molar-refractivity contribution in [3.63, 3.8) is 0 Å². The van der Waals surface area contributed by atoms with Crippen molar-refractivity contribution in [2.24, 2.45) is 5.92 Å². The zero-order valence-corrected chi connectivity index (χ0v) is 15.2. The average Bonchev–Trinajstić information content (AvgIpc) is 3.38. The van der Waals surface area contributed by atoms with Gasteiger partial charge in [0, 0.05) is 25.5 Å². The summed E-state index contributed by atoms with van der Waals surface area (Å²) in [5.74, 6) is 1.49. The summed E-state index contributed by atoms with van der Waals surface area (Å²) in [5, 5.41) is 4.17. The quantitative estimate of drug-likeness (QED) is 0.738. The van der Waals surface area contributed by atoms with Gasteiger partial charge in [-0.2, -0.15) is 10.1 Å². The van der Waals surface area contributed by atoms with Gasteiger partial charge >= 0.3 is 0 Å². The Kier molecular flexibility index (Phi) is 5.27. The van der Waals surface area contributed by atoms with Gasteiger partial charge in [-0.3, -0.25) is 4.90 Å². The van der Waals surface area contributed by atoms with E-state index in [0.29, 0.717) is 18.0 Å². The number of aromatic nitrogens is 4. The fourth-order valence-corrected chi connectivity index (χ4v) is 3.85. The van der Waals surface area contributed by atoms with Crippen molar-refractivity contribution in [2.45, 2.75) is 64.1 Å². The van der Waals surface area contributed by atoms with Gasteiger partial charge in [0.2, 0.25) is 0 Å². The lowest BCUT2D eigenvalue weighted by atomic mass is 10.1. The van der Waals surface area contributed by atoms with Gasteiger partial charge in [-0.05, 0) is 50.1 Å². The summed E-state index contributed by atoms with van der Waals surface area (Å²) in [5.41, 5.74) is 1.23. The van der Waals surface area contributed by atoms with Crippen LogP contribution in [0.3, 0.4) is 0 Å². The Labute approximate surface area is 149 Å². The molecule has 2 aromatic heterocycles. The smallest absolute Gasteiger partial charge is 0.252 e. The summed E-state index contributed by atoms with van der Waals surface area (Å²) >= 11 is 0. The first-order valence-electron chi connectivity index (χ1n) is 9.84. The van der Waals surface area contributed by atoms with Crippen LogP contribution in [0.1, 0.15) is 51.0 Å². The predicted molar refractivity (Wildman–Crippen MR) is 96.5 cm³/mol. The maximum absolute atomic E-state index is 6.38. The predicted octanol–water partition coefficient (Wildman–Crippen LogP) is 2.73. The Morgan fingerprint density at radius 2 is 2.12 bits per heavy atom. The van der Waals surface area contributed by atoms with Crippen LogP contribution < -0.4 is 0 Å². The molecule has 4 rings (SSSR count). The maximum atomic E-state index is 6.38. The first-order valence-corrected chi connectivity index (χ1v) is 9.84. The number of ether oxygens (including phenoxy) is 1. The molecule has 2 aliphatic rings. The van der Waals surface area contributed by atoms with Crippen LogP contribution in [-0.2, 0) is 11.2 Å². The van der Waals surface area contributed by atoms with Crippen LogP contribution >= 0.6 is 0 Å². The van der Waals surface area contributed by atoms with Crippen LogP contribution in [0, 0.1) is 5.92 Å². The third-order valence-corrected chi connectivity index (χ3v) is 5.42. The molecule has 1 aliphatic heterocycles. The number of hydrogen-bond acceptors (Lipinski definition) is 5. The molecule has 0 spiro atoms. The van der Waals surface area contributed by atoms with Crippen molar-refractivity contribution in [2.75, 3.05) is 19.6 Å². The molecule has 1 aliphatic carbocycles. The molecular formula is C19H29N5O. The van der Waals surface area contributed by atoms with E-state index in [1.54, 1.807) is 10.8 Å². The van der Waals surface area contributed by atoms with Crippen molar-refractivity contribution >= 4 is 5.78 Å². The molecule has 2 atom stereocenters. The van der Waals surface area contributed by atoms with E-state index in [0.717, 1.165) is 38.4 Å². The lowest BCUT2D eigenvalue weighted by Gasteiger charge is -2.38. The van der Waals surface area contributed by atoms with Crippen LogP contribution in [0.5, 0.6) is 0 Å². The lowest BCUT2D eigenvalue weighted by molar-refractivity contribution is -0.0971. The van der Waals surface area contributed by atoms with E-state index in [-0.39, 0.29) is 0 Å². The van der Waals surface area contributed by atoms with Crippen LogP contribution in [0.15, 0.2) is 18.7 Å². The van der Waals surface area contributed by atoms with Crippen LogP contribution in [-0.4, -0.2) is 56.3 Å². The van der Waals surface area contributed by atoms with Gasteiger partial charge < -0.3 is 4.74 Å². The Morgan fingerprint density at radius 3 is 2.96 bits per heavy atom. The van der Waals surface area contributed by atoms with Gasteiger partial charge in [-0.1, -0.05) is 19.8 Å². The molecular weight excluding hydrogens is 314 g/mol. The number of aryl methyl sites for hydroxylation is 1. The molecule has 0 radical (unpaired) electrons. The minimum absolute atomic E-state index is 0.437. The summed E-state index contributed by atoms with van der Waals surface area (Å²) in [6, 6.07) is 0. The largest absolute Gasteiger partial charge is 0.372 e. The highest BCUT2D eigenvalue weighted by Crippen LogP contribution is 2.37. The monoisotopic (exact) mass is 343 g/mol.